The Balaban J connectivity index is 1.70. The van der Waals surface area contributed by atoms with Gasteiger partial charge in [0.1, 0.15) is 17.7 Å². The SMILES string of the molecule is NC(=O)C(O)CCCCCN(c1ccccn1)c1ccc2ccccc2n1. The number of primary amides is 1. The van der Waals surface area contributed by atoms with E-state index in [0.717, 1.165) is 48.3 Å². The topological polar surface area (TPSA) is 92.3 Å². The van der Waals surface area contributed by atoms with Crippen LogP contribution in [0.4, 0.5) is 11.6 Å². The number of nitrogens with two attached hydrogens (primary N) is 1. The van der Waals surface area contributed by atoms with Gasteiger partial charge in [-0.1, -0.05) is 37.1 Å². The Morgan fingerprint density at radius 1 is 1.00 bits per heavy atom. The molecule has 2 aromatic heterocycles. The highest BCUT2D eigenvalue weighted by atomic mass is 16.3. The maximum Gasteiger partial charge on any atom is 0.246 e. The summed E-state index contributed by atoms with van der Waals surface area (Å²) in [6, 6.07) is 17.9. The summed E-state index contributed by atoms with van der Waals surface area (Å²) in [4.78, 5) is 22.2. The Hall–Kier alpha value is -2.99. The molecule has 0 fully saturated rings. The fourth-order valence-corrected chi connectivity index (χ4v) is 2.99. The maximum atomic E-state index is 10.9. The van der Waals surface area contributed by atoms with Gasteiger partial charge in [-0.15, -0.1) is 0 Å². The Labute approximate surface area is 158 Å². The number of amides is 1. The van der Waals surface area contributed by atoms with Crippen molar-refractivity contribution in [2.24, 2.45) is 5.73 Å². The van der Waals surface area contributed by atoms with Gasteiger partial charge < -0.3 is 15.7 Å². The van der Waals surface area contributed by atoms with Crippen LogP contribution in [-0.4, -0.2) is 33.6 Å². The third-order valence-electron chi connectivity index (χ3n) is 4.47. The van der Waals surface area contributed by atoms with Crippen LogP contribution in [0.15, 0.2) is 60.8 Å². The van der Waals surface area contributed by atoms with E-state index in [9.17, 15) is 9.90 Å². The van der Waals surface area contributed by atoms with Crippen LogP contribution < -0.4 is 10.6 Å². The number of nitrogens with zero attached hydrogens (tertiary/aromatic N) is 3. The van der Waals surface area contributed by atoms with Crippen molar-refractivity contribution in [3.63, 3.8) is 0 Å². The van der Waals surface area contributed by atoms with Gasteiger partial charge in [-0.2, -0.15) is 0 Å². The molecule has 1 aromatic carbocycles. The molecule has 2 heterocycles. The standard InChI is InChI=1S/C21H24N4O2/c22-21(27)18(26)10-2-1-7-15-25(19-11-5-6-14-23-19)20-13-12-16-8-3-4-9-17(16)24-20/h3-6,8-9,11-14,18,26H,1-2,7,10,15H2,(H2,22,27). The molecular formula is C21H24N4O2. The third-order valence-corrected chi connectivity index (χ3v) is 4.47. The third kappa shape index (κ3) is 5.01. The number of benzene rings is 1. The highest BCUT2D eigenvalue weighted by molar-refractivity contribution is 5.81. The van der Waals surface area contributed by atoms with Crippen LogP contribution in [-0.2, 0) is 4.79 Å². The van der Waals surface area contributed by atoms with Crippen LogP contribution in [0.5, 0.6) is 0 Å². The lowest BCUT2D eigenvalue weighted by atomic mass is 10.1. The summed E-state index contributed by atoms with van der Waals surface area (Å²) in [7, 11) is 0. The minimum absolute atomic E-state index is 0.396. The van der Waals surface area contributed by atoms with Crippen LogP contribution in [0, 0.1) is 0 Å². The molecule has 140 valence electrons. The van der Waals surface area contributed by atoms with Crippen LogP contribution in [0.2, 0.25) is 0 Å². The summed E-state index contributed by atoms with van der Waals surface area (Å²) in [5.74, 6) is 1.03. The van der Waals surface area contributed by atoms with Gasteiger partial charge in [-0.25, -0.2) is 9.97 Å². The minimum atomic E-state index is -1.06. The maximum absolute atomic E-state index is 10.9. The van der Waals surface area contributed by atoms with E-state index < -0.39 is 12.0 Å². The van der Waals surface area contributed by atoms with E-state index in [4.69, 9.17) is 10.7 Å². The second-order valence-corrected chi connectivity index (χ2v) is 6.47. The van der Waals surface area contributed by atoms with Crippen molar-refractivity contribution in [2.45, 2.75) is 31.8 Å². The lowest BCUT2D eigenvalue weighted by Gasteiger charge is -2.23. The fraction of sp³-hybridized carbons (Fsp3) is 0.286. The molecule has 0 spiro atoms. The van der Waals surface area contributed by atoms with Crippen LogP contribution in [0.25, 0.3) is 10.9 Å². The molecule has 1 unspecified atom stereocenters. The predicted molar refractivity (Wildman–Crippen MR) is 107 cm³/mol. The second kappa shape index (κ2) is 9.09. The van der Waals surface area contributed by atoms with Gasteiger partial charge in [0.25, 0.3) is 0 Å². The average Bonchev–Trinajstić information content (AvgIpc) is 2.70. The van der Waals surface area contributed by atoms with E-state index in [-0.39, 0.29) is 0 Å². The molecule has 0 aliphatic heterocycles. The predicted octanol–water partition coefficient (Wildman–Crippen LogP) is 3.17. The number of aromatic nitrogens is 2. The normalized spacial score (nSPS) is 12.0. The molecule has 1 atom stereocenters. The van der Waals surface area contributed by atoms with Gasteiger partial charge >= 0.3 is 0 Å². The number of aliphatic hydroxyl groups excluding tert-OH is 1. The summed E-state index contributed by atoms with van der Waals surface area (Å²) < 4.78 is 0. The van der Waals surface area contributed by atoms with Gasteiger partial charge in [0.2, 0.25) is 5.91 Å². The fourth-order valence-electron chi connectivity index (χ4n) is 2.99. The zero-order valence-corrected chi connectivity index (χ0v) is 15.2. The highest BCUT2D eigenvalue weighted by Crippen LogP contribution is 2.24. The molecule has 3 aromatic rings. The molecule has 0 saturated carbocycles. The van der Waals surface area contributed by atoms with E-state index in [1.807, 2.05) is 48.5 Å². The number of aliphatic hydroxyl groups is 1. The van der Waals surface area contributed by atoms with Gasteiger partial charge in [0.15, 0.2) is 0 Å². The second-order valence-electron chi connectivity index (χ2n) is 6.47. The number of carbonyl (C=O) groups excluding carboxylic acids is 1. The summed E-state index contributed by atoms with van der Waals surface area (Å²) in [5.41, 5.74) is 6.03. The molecule has 3 rings (SSSR count). The molecule has 0 aliphatic rings. The number of hydrogen-bond donors (Lipinski definition) is 2. The van der Waals surface area contributed by atoms with E-state index in [0.29, 0.717) is 6.42 Å². The van der Waals surface area contributed by atoms with Crippen molar-refractivity contribution >= 4 is 28.4 Å². The number of pyridine rings is 2. The lowest BCUT2D eigenvalue weighted by molar-refractivity contribution is -0.126. The molecule has 6 nitrogen and oxygen atoms in total. The summed E-state index contributed by atoms with van der Waals surface area (Å²) in [5, 5.41) is 10.6. The highest BCUT2D eigenvalue weighted by Gasteiger charge is 2.13. The van der Waals surface area contributed by atoms with Crippen molar-refractivity contribution in [1.29, 1.82) is 0 Å². The number of unbranched alkanes of at least 4 members (excludes halogenated alkanes) is 2. The summed E-state index contributed by atoms with van der Waals surface area (Å²) in [6.45, 7) is 0.745. The van der Waals surface area contributed by atoms with Crippen LogP contribution >= 0.6 is 0 Å². The Kier molecular flexibility index (Phi) is 6.33. The molecule has 3 N–H and O–H groups in total. The van der Waals surface area contributed by atoms with Crippen molar-refractivity contribution in [3.8, 4) is 0 Å². The zero-order chi connectivity index (χ0) is 19.1. The van der Waals surface area contributed by atoms with Gasteiger partial charge in [0, 0.05) is 18.1 Å². The van der Waals surface area contributed by atoms with E-state index in [2.05, 4.69) is 16.0 Å². The Bertz CT molecular complexity index is 885. The van der Waals surface area contributed by atoms with Gasteiger partial charge in [-0.3, -0.25) is 4.79 Å². The lowest BCUT2D eigenvalue weighted by Crippen LogP contribution is -2.28. The molecule has 0 radical (unpaired) electrons. The van der Waals surface area contributed by atoms with E-state index in [1.165, 1.54) is 0 Å². The smallest absolute Gasteiger partial charge is 0.246 e. The summed E-state index contributed by atoms with van der Waals surface area (Å²) in [6.07, 6.45) is 3.61. The molecule has 0 saturated heterocycles. The molecule has 1 amide bonds. The molecule has 27 heavy (non-hydrogen) atoms. The number of para-hydroxylation sites is 1. The zero-order valence-electron chi connectivity index (χ0n) is 15.2. The number of fused-ring (bicyclic) bond motifs is 1. The Morgan fingerprint density at radius 3 is 2.59 bits per heavy atom. The van der Waals surface area contributed by atoms with Gasteiger partial charge in [-0.05, 0) is 43.2 Å². The van der Waals surface area contributed by atoms with Crippen molar-refractivity contribution in [3.05, 3.63) is 60.8 Å². The number of rotatable bonds is 9. The largest absolute Gasteiger partial charge is 0.383 e. The molecule has 0 aliphatic carbocycles. The van der Waals surface area contributed by atoms with E-state index >= 15 is 0 Å². The first-order chi connectivity index (χ1) is 13.1. The van der Waals surface area contributed by atoms with Gasteiger partial charge in [0.05, 0.1) is 5.52 Å². The molecule has 6 heteroatoms. The van der Waals surface area contributed by atoms with Crippen LogP contribution in [0.1, 0.15) is 25.7 Å². The van der Waals surface area contributed by atoms with Crippen molar-refractivity contribution in [2.75, 3.05) is 11.4 Å². The average molecular weight is 364 g/mol. The van der Waals surface area contributed by atoms with Crippen LogP contribution in [0.3, 0.4) is 0 Å². The Morgan fingerprint density at radius 2 is 1.81 bits per heavy atom. The monoisotopic (exact) mass is 364 g/mol. The van der Waals surface area contributed by atoms with Crippen molar-refractivity contribution in [1.82, 2.24) is 9.97 Å². The molecule has 0 bridgehead atoms. The first-order valence-electron chi connectivity index (χ1n) is 9.17. The van der Waals surface area contributed by atoms with Crippen molar-refractivity contribution < 1.29 is 9.90 Å². The van der Waals surface area contributed by atoms with E-state index in [1.54, 1.807) is 6.20 Å². The quantitative estimate of drug-likeness (QED) is 0.569. The minimum Gasteiger partial charge on any atom is -0.383 e. The number of anilines is 2. The molecular weight excluding hydrogens is 340 g/mol. The number of hydrogen-bond acceptors (Lipinski definition) is 5. The number of carbonyl (C=O) groups is 1. The first-order valence-corrected chi connectivity index (χ1v) is 9.17. The summed E-state index contributed by atoms with van der Waals surface area (Å²) >= 11 is 0. The first kappa shape index (κ1) is 18.8.